The van der Waals surface area contributed by atoms with Crippen molar-refractivity contribution in [2.75, 3.05) is 6.54 Å². The van der Waals surface area contributed by atoms with Gasteiger partial charge in [-0.2, -0.15) is 0 Å². The zero-order chi connectivity index (χ0) is 13.0. The van der Waals surface area contributed by atoms with Gasteiger partial charge in [0.25, 0.3) is 0 Å². The Morgan fingerprint density at radius 3 is 2.89 bits per heavy atom. The summed E-state index contributed by atoms with van der Waals surface area (Å²) in [4.78, 5) is 4.62. The van der Waals surface area contributed by atoms with Crippen molar-refractivity contribution in [2.24, 2.45) is 11.8 Å². The molecule has 3 unspecified atom stereocenters. The first kappa shape index (κ1) is 13.6. The van der Waals surface area contributed by atoms with Crippen molar-refractivity contribution in [1.82, 2.24) is 14.9 Å². The molecular formula is C15H27N3. The van der Waals surface area contributed by atoms with Crippen LogP contribution in [0, 0.1) is 11.8 Å². The van der Waals surface area contributed by atoms with Gasteiger partial charge in [0, 0.05) is 18.9 Å². The van der Waals surface area contributed by atoms with E-state index in [0.717, 1.165) is 24.9 Å². The molecule has 0 spiro atoms. The van der Waals surface area contributed by atoms with E-state index < -0.39 is 0 Å². The van der Waals surface area contributed by atoms with Crippen LogP contribution in [0.2, 0.25) is 0 Å². The molecular weight excluding hydrogens is 222 g/mol. The summed E-state index contributed by atoms with van der Waals surface area (Å²) in [6.45, 7) is 8.90. The van der Waals surface area contributed by atoms with Crippen LogP contribution in [0.5, 0.6) is 0 Å². The normalized spacial score (nSPS) is 25.5. The predicted molar refractivity (Wildman–Crippen MR) is 75.4 cm³/mol. The van der Waals surface area contributed by atoms with Crippen LogP contribution in [0.1, 0.15) is 58.3 Å². The minimum Gasteiger partial charge on any atom is -0.334 e. The Bertz CT molecular complexity index is 358. The van der Waals surface area contributed by atoms with E-state index in [1.807, 2.05) is 6.20 Å². The lowest BCUT2D eigenvalue weighted by Crippen LogP contribution is -2.30. The molecule has 3 heteroatoms. The monoisotopic (exact) mass is 249 g/mol. The molecule has 1 fully saturated rings. The first-order valence-electron chi connectivity index (χ1n) is 7.50. The van der Waals surface area contributed by atoms with Gasteiger partial charge in [-0.05, 0) is 37.6 Å². The average Bonchev–Trinajstić information content (AvgIpc) is 2.96. The maximum Gasteiger partial charge on any atom is 0.126 e. The molecule has 3 atom stereocenters. The lowest BCUT2D eigenvalue weighted by molar-refractivity contribution is 0.340. The predicted octanol–water partition coefficient (Wildman–Crippen LogP) is 3.38. The van der Waals surface area contributed by atoms with Crippen LogP contribution in [-0.2, 0) is 6.54 Å². The highest BCUT2D eigenvalue weighted by molar-refractivity contribution is 5.03. The van der Waals surface area contributed by atoms with Gasteiger partial charge in [0.2, 0.25) is 0 Å². The van der Waals surface area contributed by atoms with E-state index in [9.17, 15) is 0 Å². The van der Waals surface area contributed by atoms with Crippen LogP contribution in [0.25, 0.3) is 0 Å². The fourth-order valence-corrected chi connectivity index (χ4v) is 3.27. The number of imidazole rings is 1. The molecule has 1 aliphatic carbocycles. The molecule has 0 radical (unpaired) electrons. The van der Waals surface area contributed by atoms with Crippen molar-refractivity contribution >= 4 is 0 Å². The Morgan fingerprint density at radius 2 is 2.28 bits per heavy atom. The summed E-state index contributed by atoms with van der Waals surface area (Å²) in [5.74, 6) is 2.89. The maximum atomic E-state index is 4.62. The van der Waals surface area contributed by atoms with E-state index in [-0.39, 0.29) is 0 Å². The van der Waals surface area contributed by atoms with E-state index in [0.29, 0.717) is 6.04 Å². The van der Waals surface area contributed by atoms with Crippen LogP contribution in [0.4, 0.5) is 0 Å². The number of aryl methyl sites for hydroxylation is 1. The average molecular weight is 249 g/mol. The van der Waals surface area contributed by atoms with Crippen molar-refractivity contribution in [2.45, 2.75) is 59.0 Å². The van der Waals surface area contributed by atoms with Crippen molar-refractivity contribution in [3.8, 4) is 0 Å². The summed E-state index contributed by atoms with van der Waals surface area (Å²) in [5, 5.41) is 3.66. The number of hydrogen-bond donors (Lipinski definition) is 1. The fourth-order valence-electron chi connectivity index (χ4n) is 3.27. The topological polar surface area (TPSA) is 29.9 Å². The molecule has 1 N–H and O–H groups in total. The van der Waals surface area contributed by atoms with Gasteiger partial charge < -0.3 is 9.88 Å². The summed E-state index contributed by atoms with van der Waals surface area (Å²) in [6.07, 6.45) is 9.31. The SMILES string of the molecule is CCCn1ccnc1C(NCC)C1CCC(C)C1. The lowest BCUT2D eigenvalue weighted by atomic mass is 9.96. The largest absolute Gasteiger partial charge is 0.334 e. The van der Waals surface area contributed by atoms with Gasteiger partial charge in [0.15, 0.2) is 0 Å². The van der Waals surface area contributed by atoms with Crippen molar-refractivity contribution in [1.29, 1.82) is 0 Å². The van der Waals surface area contributed by atoms with Crippen LogP contribution in [0.15, 0.2) is 12.4 Å². The number of rotatable bonds is 6. The highest BCUT2D eigenvalue weighted by atomic mass is 15.1. The molecule has 1 aromatic heterocycles. The number of aromatic nitrogens is 2. The second kappa shape index (κ2) is 6.37. The smallest absolute Gasteiger partial charge is 0.126 e. The number of nitrogens with zero attached hydrogens (tertiary/aromatic N) is 2. The molecule has 1 aromatic rings. The third-order valence-corrected chi connectivity index (χ3v) is 4.12. The van der Waals surface area contributed by atoms with Gasteiger partial charge >= 0.3 is 0 Å². The summed E-state index contributed by atoms with van der Waals surface area (Å²) in [5.41, 5.74) is 0. The summed E-state index contributed by atoms with van der Waals surface area (Å²) < 4.78 is 2.33. The van der Waals surface area contributed by atoms with E-state index >= 15 is 0 Å². The Morgan fingerprint density at radius 1 is 1.44 bits per heavy atom. The molecule has 102 valence electrons. The second-order valence-corrected chi connectivity index (χ2v) is 5.69. The van der Waals surface area contributed by atoms with Gasteiger partial charge in [-0.25, -0.2) is 4.98 Å². The highest BCUT2D eigenvalue weighted by Gasteiger charge is 2.31. The summed E-state index contributed by atoms with van der Waals surface area (Å²) in [7, 11) is 0. The van der Waals surface area contributed by atoms with Gasteiger partial charge in [0.05, 0.1) is 6.04 Å². The molecule has 0 amide bonds. The van der Waals surface area contributed by atoms with Gasteiger partial charge in [-0.3, -0.25) is 0 Å². The Labute approximate surface area is 111 Å². The molecule has 1 aliphatic rings. The Hall–Kier alpha value is -0.830. The molecule has 0 aromatic carbocycles. The van der Waals surface area contributed by atoms with Crippen LogP contribution in [0.3, 0.4) is 0 Å². The summed E-state index contributed by atoms with van der Waals surface area (Å²) >= 11 is 0. The van der Waals surface area contributed by atoms with E-state index in [1.165, 1.54) is 31.5 Å². The number of nitrogens with one attached hydrogen (secondary N) is 1. The number of hydrogen-bond acceptors (Lipinski definition) is 2. The van der Waals surface area contributed by atoms with E-state index in [4.69, 9.17) is 0 Å². The van der Waals surface area contributed by atoms with Crippen LogP contribution >= 0.6 is 0 Å². The van der Waals surface area contributed by atoms with Gasteiger partial charge in [0.1, 0.15) is 5.82 Å². The van der Waals surface area contributed by atoms with Crippen LogP contribution in [-0.4, -0.2) is 16.1 Å². The van der Waals surface area contributed by atoms with Gasteiger partial charge in [-0.15, -0.1) is 0 Å². The van der Waals surface area contributed by atoms with Crippen molar-refractivity contribution in [3.05, 3.63) is 18.2 Å². The van der Waals surface area contributed by atoms with Crippen LogP contribution < -0.4 is 5.32 Å². The maximum absolute atomic E-state index is 4.62. The second-order valence-electron chi connectivity index (χ2n) is 5.69. The minimum absolute atomic E-state index is 0.446. The first-order valence-corrected chi connectivity index (χ1v) is 7.50. The van der Waals surface area contributed by atoms with E-state index in [1.54, 1.807) is 0 Å². The molecule has 3 nitrogen and oxygen atoms in total. The molecule has 18 heavy (non-hydrogen) atoms. The molecule has 1 saturated carbocycles. The minimum atomic E-state index is 0.446. The molecule has 1 heterocycles. The van der Waals surface area contributed by atoms with Crippen molar-refractivity contribution < 1.29 is 0 Å². The first-order chi connectivity index (χ1) is 8.76. The lowest BCUT2D eigenvalue weighted by Gasteiger charge is -2.25. The standard InChI is InChI=1S/C15H27N3/c1-4-9-18-10-8-17-15(18)14(16-5-2)13-7-6-12(3)11-13/h8,10,12-14,16H,4-7,9,11H2,1-3H3. The third-order valence-electron chi connectivity index (χ3n) is 4.12. The van der Waals surface area contributed by atoms with E-state index in [2.05, 4.69) is 41.8 Å². The Kier molecular flexibility index (Phi) is 4.81. The molecule has 0 aliphatic heterocycles. The molecule has 0 bridgehead atoms. The highest BCUT2D eigenvalue weighted by Crippen LogP contribution is 2.38. The fraction of sp³-hybridized carbons (Fsp3) is 0.800. The quantitative estimate of drug-likeness (QED) is 0.837. The third kappa shape index (κ3) is 2.94. The summed E-state index contributed by atoms with van der Waals surface area (Å²) in [6, 6.07) is 0.446. The zero-order valence-electron chi connectivity index (χ0n) is 12.0. The molecule has 0 saturated heterocycles. The van der Waals surface area contributed by atoms with Gasteiger partial charge in [-0.1, -0.05) is 27.2 Å². The Balaban J connectivity index is 2.15. The zero-order valence-corrected chi connectivity index (χ0v) is 12.0. The molecule has 2 rings (SSSR count). The van der Waals surface area contributed by atoms with Crippen molar-refractivity contribution in [3.63, 3.8) is 0 Å².